The second kappa shape index (κ2) is 10.2. The number of hydrogen-bond acceptors (Lipinski definition) is 2. The highest BCUT2D eigenvalue weighted by atomic mass is 16.3. The van der Waals surface area contributed by atoms with Crippen LogP contribution in [0.4, 0.5) is 0 Å². The zero-order valence-electron chi connectivity index (χ0n) is 25.5. The lowest BCUT2D eigenvalue weighted by atomic mass is 9.81. The van der Waals surface area contributed by atoms with Gasteiger partial charge in [-0.15, -0.1) is 0 Å². The summed E-state index contributed by atoms with van der Waals surface area (Å²) in [5.74, 6) is 0.0140. The van der Waals surface area contributed by atoms with E-state index in [0.29, 0.717) is 0 Å². The summed E-state index contributed by atoms with van der Waals surface area (Å²) in [6, 6.07) is 58.7. The van der Waals surface area contributed by atoms with Gasteiger partial charge in [0.15, 0.2) is 0 Å². The van der Waals surface area contributed by atoms with Crippen molar-refractivity contribution in [3.63, 3.8) is 0 Å². The third kappa shape index (κ3) is 4.12. The van der Waals surface area contributed by atoms with Crippen molar-refractivity contribution in [1.82, 2.24) is 0 Å². The summed E-state index contributed by atoms with van der Waals surface area (Å²) in [6.45, 7) is 0. The van der Waals surface area contributed by atoms with E-state index in [1.807, 2.05) is 12.1 Å². The van der Waals surface area contributed by atoms with Crippen molar-refractivity contribution in [3.8, 4) is 11.1 Å². The Balaban J connectivity index is 1.15. The molecule has 0 spiro atoms. The van der Waals surface area contributed by atoms with Crippen molar-refractivity contribution in [2.24, 2.45) is 0 Å². The fraction of sp³-hybridized carbons (Fsp3) is 0.0222. The average molecular weight is 601 g/mol. The largest absolute Gasteiger partial charge is 0.456 e. The molecule has 220 valence electrons. The molecule has 2 heteroatoms. The van der Waals surface area contributed by atoms with Gasteiger partial charge in [-0.2, -0.15) is 0 Å². The molecule has 47 heavy (non-hydrogen) atoms. The normalized spacial score (nSPS) is 12.6. The minimum atomic E-state index is 0.0140. The highest BCUT2D eigenvalue weighted by Gasteiger charge is 2.22. The number of furan rings is 2. The fourth-order valence-electron chi connectivity index (χ4n) is 7.59. The van der Waals surface area contributed by atoms with Gasteiger partial charge in [0.05, 0.1) is 0 Å². The molecule has 0 aliphatic carbocycles. The quantitative estimate of drug-likeness (QED) is 0.188. The van der Waals surface area contributed by atoms with Gasteiger partial charge in [0, 0.05) is 27.5 Å². The maximum atomic E-state index is 6.54. The third-order valence-corrected chi connectivity index (χ3v) is 9.77. The van der Waals surface area contributed by atoms with Crippen LogP contribution in [0.25, 0.3) is 76.5 Å². The molecule has 0 saturated heterocycles. The van der Waals surface area contributed by atoms with Gasteiger partial charge in [0.2, 0.25) is 0 Å². The fourth-order valence-corrected chi connectivity index (χ4v) is 7.59. The minimum Gasteiger partial charge on any atom is -0.456 e. The van der Waals surface area contributed by atoms with E-state index in [1.54, 1.807) is 0 Å². The Kier molecular flexibility index (Phi) is 5.67. The summed E-state index contributed by atoms with van der Waals surface area (Å²) < 4.78 is 12.7. The number of benzene rings is 8. The maximum absolute atomic E-state index is 6.54. The molecule has 0 fully saturated rings. The molecule has 0 amide bonds. The summed E-state index contributed by atoms with van der Waals surface area (Å²) in [4.78, 5) is 0. The smallest absolute Gasteiger partial charge is 0.136 e. The second-order valence-electron chi connectivity index (χ2n) is 12.5. The van der Waals surface area contributed by atoms with Crippen molar-refractivity contribution in [1.29, 1.82) is 0 Å². The Morgan fingerprint density at radius 2 is 1.09 bits per heavy atom. The van der Waals surface area contributed by atoms with Crippen LogP contribution in [0.3, 0.4) is 0 Å². The predicted octanol–water partition coefficient (Wildman–Crippen LogP) is 12.6. The number of para-hydroxylation sites is 1. The van der Waals surface area contributed by atoms with Crippen LogP contribution in [-0.4, -0.2) is 0 Å². The molecule has 2 heterocycles. The highest BCUT2D eigenvalue weighted by Crippen LogP contribution is 2.42. The summed E-state index contributed by atoms with van der Waals surface area (Å²) in [5.41, 5.74) is 9.79. The van der Waals surface area contributed by atoms with Gasteiger partial charge in [0.25, 0.3) is 0 Å². The Hall–Kier alpha value is -6.12. The van der Waals surface area contributed by atoms with E-state index >= 15 is 0 Å². The van der Waals surface area contributed by atoms with Crippen LogP contribution in [0.5, 0.6) is 0 Å². The van der Waals surface area contributed by atoms with E-state index in [0.717, 1.165) is 38.5 Å². The van der Waals surface area contributed by atoms with Gasteiger partial charge in [-0.3, -0.25) is 0 Å². The van der Waals surface area contributed by atoms with Crippen molar-refractivity contribution in [2.45, 2.75) is 5.92 Å². The van der Waals surface area contributed by atoms with Gasteiger partial charge in [-0.1, -0.05) is 127 Å². The predicted molar refractivity (Wildman–Crippen MR) is 195 cm³/mol. The summed E-state index contributed by atoms with van der Waals surface area (Å²) >= 11 is 0. The van der Waals surface area contributed by atoms with Crippen LogP contribution in [0, 0.1) is 0 Å². The van der Waals surface area contributed by atoms with Gasteiger partial charge >= 0.3 is 0 Å². The van der Waals surface area contributed by atoms with Crippen molar-refractivity contribution in [3.05, 3.63) is 180 Å². The lowest BCUT2D eigenvalue weighted by Crippen LogP contribution is -2.05. The molecule has 1 unspecified atom stereocenters. The standard InChI is InChI=1S/C45H28O2/c1-2-10-28(11-3-1)44(33-19-22-36-39-25-29-12-4-5-13-30(29)26-43(39)47-42(36)27-33)37-15-7-6-14-34(37)31-18-21-35-32(24-31)20-23-41-45(35)38-16-8-9-17-40(38)46-41/h1-27,44H. The molecule has 8 aromatic carbocycles. The first-order chi connectivity index (χ1) is 23.3. The molecular formula is C45H28O2. The highest BCUT2D eigenvalue weighted by molar-refractivity contribution is 6.19. The Bertz CT molecular complexity index is 2800. The van der Waals surface area contributed by atoms with Gasteiger partial charge in [0.1, 0.15) is 22.3 Å². The Labute approximate surface area is 271 Å². The van der Waals surface area contributed by atoms with Crippen LogP contribution >= 0.6 is 0 Å². The molecule has 1 atom stereocenters. The molecule has 10 rings (SSSR count). The first kappa shape index (κ1) is 26.1. The van der Waals surface area contributed by atoms with Crippen LogP contribution < -0.4 is 0 Å². The van der Waals surface area contributed by atoms with Gasteiger partial charge in [-0.25, -0.2) is 0 Å². The molecule has 0 bridgehead atoms. The number of hydrogen-bond donors (Lipinski definition) is 0. The molecule has 0 aliphatic heterocycles. The lowest BCUT2D eigenvalue weighted by Gasteiger charge is -2.22. The summed E-state index contributed by atoms with van der Waals surface area (Å²) in [6.07, 6.45) is 0. The lowest BCUT2D eigenvalue weighted by molar-refractivity contribution is 0.668. The monoisotopic (exact) mass is 600 g/mol. The number of rotatable bonds is 4. The molecule has 2 aromatic heterocycles. The Morgan fingerprint density at radius 1 is 0.362 bits per heavy atom. The molecule has 0 radical (unpaired) electrons. The van der Waals surface area contributed by atoms with Crippen molar-refractivity contribution >= 4 is 65.4 Å². The summed E-state index contributed by atoms with van der Waals surface area (Å²) in [7, 11) is 0. The minimum absolute atomic E-state index is 0.0140. The maximum Gasteiger partial charge on any atom is 0.136 e. The van der Waals surface area contributed by atoms with E-state index in [1.165, 1.54) is 54.7 Å². The third-order valence-electron chi connectivity index (χ3n) is 9.77. The SMILES string of the molecule is c1ccc(C(c2ccc3c(c2)oc2cc4ccccc4cc23)c2ccccc2-c2ccc3c(ccc4oc5ccccc5c43)c2)cc1. The number of fused-ring (bicyclic) bond motifs is 9. The zero-order valence-corrected chi connectivity index (χ0v) is 25.5. The zero-order chi connectivity index (χ0) is 30.9. The second-order valence-corrected chi connectivity index (χ2v) is 12.5. The first-order valence-corrected chi connectivity index (χ1v) is 16.1. The topological polar surface area (TPSA) is 26.3 Å². The van der Waals surface area contributed by atoms with Crippen LogP contribution in [0.15, 0.2) is 173 Å². The van der Waals surface area contributed by atoms with Gasteiger partial charge in [-0.05, 0) is 85.8 Å². The van der Waals surface area contributed by atoms with Crippen LogP contribution in [-0.2, 0) is 0 Å². The molecule has 0 N–H and O–H groups in total. The Morgan fingerprint density at radius 3 is 2.00 bits per heavy atom. The molecule has 10 aromatic rings. The molecule has 2 nitrogen and oxygen atoms in total. The molecule has 0 saturated carbocycles. The van der Waals surface area contributed by atoms with E-state index in [9.17, 15) is 0 Å². The van der Waals surface area contributed by atoms with Crippen LogP contribution in [0.2, 0.25) is 0 Å². The van der Waals surface area contributed by atoms with Crippen LogP contribution in [0.1, 0.15) is 22.6 Å². The van der Waals surface area contributed by atoms with Crippen molar-refractivity contribution in [2.75, 3.05) is 0 Å². The van der Waals surface area contributed by atoms with Crippen molar-refractivity contribution < 1.29 is 8.83 Å². The van der Waals surface area contributed by atoms with Gasteiger partial charge < -0.3 is 8.83 Å². The van der Waals surface area contributed by atoms with E-state index in [-0.39, 0.29) is 5.92 Å². The van der Waals surface area contributed by atoms with E-state index < -0.39 is 0 Å². The first-order valence-electron chi connectivity index (χ1n) is 16.1. The molecular weight excluding hydrogens is 572 g/mol. The van der Waals surface area contributed by atoms with E-state index in [2.05, 4.69) is 152 Å². The average Bonchev–Trinajstić information content (AvgIpc) is 3.69. The summed E-state index contributed by atoms with van der Waals surface area (Å²) in [5, 5.41) is 9.43. The molecule has 0 aliphatic rings. The van der Waals surface area contributed by atoms with E-state index in [4.69, 9.17) is 8.83 Å².